The molecule has 0 radical (unpaired) electrons. The first-order valence-electron chi connectivity index (χ1n) is 8.02. The van der Waals surface area contributed by atoms with E-state index in [2.05, 4.69) is 0 Å². The maximum Gasteiger partial charge on any atom is 0.359 e. The lowest BCUT2D eigenvalue weighted by molar-refractivity contribution is -0.384. The Balaban J connectivity index is 2.26. The standard InChI is InChI=1S/C16H17ClN2O8S/c1-3-12(27-28(2,24)25)15(18-13(17)8-14(18)20)16(21)26-9-10-4-6-11(7-5-10)19(22)23/h4-7,13H,3,8-9H2,1-2H3/b15-12+. The molecule has 1 aliphatic rings. The van der Waals surface area contributed by atoms with Crippen LogP contribution in [0.5, 0.6) is 0 Å². The van der Waals surface area contributed by atoms with Crippen LogP contribution in [0.15, 0.2) is 35.7 Å². The molecule has 0 spiro atoms. The SMILES string of the molecule is CC/C(OS(C)(=O)=O)=C(/C(=O)OCc1ccc([N+](=O)[O-])cc1)N1C(=O)CC1Cl. The van der Waals surface area contributed by atoms with Gasteiger partial charge in [-0.1, -0.05) is 18.5 Å². The van der Waals surface area contributed by atoms with E-state index in [4.69, 9.17) is 20.5 Å². The maximum atomic E-state index is 12.6. The van der Waals surface area contributed by atoms with Crippen molar-refractivity contribution in [2.45, 2.75) is 31.9 Å². The number of esters is 1. The molecule has 1 aliphatic heterocycles. The number of ether oxygens (including phenoxy) is 1. The number of hydrogen-bond donors (Lipinski definition) is 0. The first-order valence-corrected chi connectivity index (χ1v) is 10.3. The van der Waals surface area contributed by atoms with Gasteiger partial charge in [0.25, 0.3) is 5.69 Å². The number of carbonyl (C=O) groups excluding carboxylic acids is 2. The molecule has 2 rings (SSSR count). The van der Waals surface area contributed by atoms with Crippen LogP contribution >= 0.6 is 11.6 Å². The van der Waals surface area contributed by atoms with Crippen LogP contribution in [0.4, 0.5) is 5.69 Å². The Hall–Kier alpha value is -2.66. The summed E-state index contributed by atoms with van der Waals surface area (Å²) in [6.45, 7) is 1.28. The minimum atomic E-state index is -3.96. The molecule has 1 aromatic rings. The molecule has 1 amide bonds. The van der Waals surface area contributed by atoms with Gasteiger partial charge in [-0.3, -0.25) is 19.8 Å². The number of halogens is 1. The minimum Gasteiger partial charge on any atom is -0.456 e. The number of nitrogens with zero attached hydrogens (tertiary/aromatic N) is 2. The van der Waals surface area contributed by atoms with Crippen LogP contribution in [0.1, 0.15) is 25.3 Å². The average Bonchev–Trinajstić information content (AvgIpc) is 2.61. The lowest BCUT2D eigenvalue weighted by Crippen LogP contribution is -2.51. The van der Waals surface area contributed by atoms with E-state index in [0.29, 0.717) is 5.56 Å². The summed E-state index contributed by atoms with van der Waals surface area (Å²) in [6, 6.07) is 5.30. The molecule has 1 atom stereocenters. The normalized spacial score (nSPS) is 17.5. The molecule has 1 aromatic carbocycles. The smallest absolute Gasteiger partial charge is 0.359 e. The van der Waals surface area contributed by atoms with Crippen LogP contribution in [-0.2, 0) is 35.2 Å². The first-order chi connectivity index (χ1) is 13.0. The Morgan fingerprint density at radius 2 is 1.96 bits per heavy atom. The second-order valence-electron chi connectivity index (χ2n) is 5.81. The lowest BCUT2D eigenvalue weighted by atomic mass is 10.1. The van der Waals surface area contributed by atoms with Gasteiger partial charge >= 0.3 is 16.1 Å². The van der Waals surface area contributed by atoms with E-state index in [1.54, 1.807) is 0 Å². The number of allylic oxidation sites excluding steroid dienone is 1. The molecule has 0 aromatic heterocycles. The number of nitro benzene ring substituents is 1. The molecule has 152 valence electrons. The summed E-state index contributed by atoms with van der Waals surface area (Å²) in [4.78, 5) is 35.5. The Bertz CT molecular complexity index is 926. The van der Waals surface area contributed by atoms with Crippen molar-refractivity contribution in [1.82, 2.24) is 4.90 Å². The quantitative estimate of drug-likeness (QED) is 0.0701. The van der Waals surface area contributed by atoms with Crippen LogP contribution in [-0.4, -0.2) is 41.9 Å². The van der Waals surface area contributed by atoms with E-state index in [-0.39, 0.29) is 36.6 Å². The topological polar surface area (TPSA) is 133 Å². The zero-order valence-corrected chi connectivity index (χ0v) is 16.5. The molecule has 1 unspecified atom stereocenters. The number of amides is 1. The molecule has 0 saturated carbocycles. The Morgan fingerprint density at radius 1 is 1.36 bits per heavy atom. The summed E-state index contributed by atoms with van der Waals surface area (Å²) in [7, 11) is -3.96. The Morgan fingerprint density at radius 3 is 2.39 bits per heavy atom. The summed E-state index contributed by atoms with van der Waals surface area (Å²) in [5, 5.41) is 10.7. The lowest BCUT2D eigenvalue weighted by Gasteiger charge is -2.37. The average molecular weight is 433 g/mol. The van der Waals surface area contributed by atoms with Crippen LogP contribution < -0.4 is 0 Å². The summed E-state index contributed by atoms with van der Waals surface area (Å²) in [5.74, 6) is -1.75. The molecule has 28 heavy (non-hydrogen) atoms. The van der Waals surface area contributed by atoms with Gasteiger partial charge in [0, 0.05) is 18.6 Å². The monoisotopic (exact) mass is 432 g/mol. The molecule has 1 heterocycles. The van der Waals surface area contributed by atoms with Crippen molar-refractivity contribution in [3.63, 3.8) is 0 Å². The van der Waals surface area contributed by atoms with Crippen molar-refractivity contribution >= 4 is 39.3 Å². The van der Waals surface area contributed by atoms with Gasteiger partial charge in [0.1, 0.15) is 12.1 Å². The van der Waals surface area contributed by atoms with Gasteiger partial charge in [0.2, 0.25) is 5.91 Å². The van der Waals surface area contributed by atoms with Crippen LogP contribution in [0.2, 0.25) is 0 Å². The summed E-state index contributed by atoms with van der Waals surface area (Å²) in [6.07, 6.45) is 0.775. The fraction of sp³-hybridized carbons (Fsp3) is 0.375. The van der Waals surface area contributed by atoms with Crippen molar-refractivity contribution < 1.29 is 31.9 Å². The first kappa shape index (κ1) is 21.6. The van der Waals surface area contributed by atoms with Gasteiger partial charge in [0.15, 0.2) is 11.5 Å². The van der Waals surface area contributed by atoms with E-state index < -0.39 is 32.4 Å². The van der Waals surface area contributed by atoms with E-state index in [1.165, 1.54) is 31.2 Å². The zero-order valence-electron chi connectivity index (χ0n) is 15.0. The maximum absolute atomic E-state index is 12.6. The van der Waals surface area contributed by atoms with Gasteiger partial charge in [0.05, 0.1) is 17.6 Å². The van der Waals surface area contributed by atoms with Crippen molar-refractivity contribution in [2.75, 3.05) is 6.26 Å². The second-order valence-corrected chi connectivity index (χ2v) is 7.89. The van der Waals surface area contributed by atoms with Crippen LogP contribution in [0.3, 0.4) is 0 Å². The predicted molar refractivity (Wildman–Crippen MR) is 97.2 cm³/mol. The largest absolute Gasteiger partial charge is 0.456 e. The van der Waals surface area contributed by atoms with Crippen molar-refractivity contribution in [1.29, 1.82) is 0 Å². The molecule has 0 bridgehead atoms. The number of alkyl halides is 1. The number of carbonyl (C=O) groups is 2. The third-order valence-electron chi connectivity index (χ3n) is 3.68. The minimum absolute atomic E-state index is 0.0115. The highest BCUT2D eigenvalue weighted by molar-refractivity contribution is 7.86. The van der Waals surface area contributed by atoms with Crippen LogP contribution in [0.25, 0.3) is 0 Å². The number of β-lactam (4-membered cyclic amide) rings is 1. The molecule has 10 nitrogen and oxygen atoms in total. The highest BCUT2D eigenvalue weighted by Crippen LogP contribution is 2.31. The van der Waals surface area contributed by atoms with Gasteiger partial charge in [-0.15, -0.1) is 0 Å². The molecule has 0 aliphatic carbocycles. The number of likely N-dealkylation sites (tertiary alicyclic amines) is 1. The molecular weight excluding hydrogens is 416 g/mol. The van der Waals surface area contributed by atoms with E-state index in [9.17, 15) is 28.1 Å². The highest BCUT2D eigenvalue weighted by Gasteiger charge is 2.42. The predicted octanol–water partition coefficient (Wildman–Crippen LogP) is 2.03. The van der Waals surface area contributed by atoms with Crippen LogP contribution in [0, 0.1) is 10.1 Å². The number of hydrogen-bond acceptors (Lipinski definition) is 8. The number of benzene rings is 1. The molecule has 12 heteroatoms. The Kier molecular flexibility index (Phi) is 6.62. The number of nitro groups is 1. The van der Waals surface area contributed by atoms with Crippen molar-refractivity contribution in [3.8, 4) is 0 Å². The third-order valence-corrected chi connectivity index (χ3v) is 4.53. The van der Waals surface area contributed by atoms with E-state index >= 15 is 0 Å². The second kappa shape index (κ2) is 8.57. The van der Waals surface area contributed by atoms with Gasteiger partial charge in [-0.25, -0.2) is 4.79 Å². The number of non-ortho nitro benzene ring substituents is 1. The van der Waals surface area contributed by atoms with E-state index in [0.717, 1.165) is 11.2 Å². The van der Waals surface area contributed by atoms with Gasteiger partial charge in [-0.05, 0) is 17.7 Å². The molecule has 1 saturated heterocycles. The highest BCUT2D eigenvalue weighted by atomic mass is 35.5. The fourth-order valence-corrected chi connectivity index (χ4v) is 3.27. The number of rotatable bonds is 8. The summed E-state index contributed by atoms with van der Waals surface area (Å²) < 4.78 is 33.0. The fourth-order valence-electron chi connectivity index (χ4n) is 2.37. The summed E-state index contributed by atoms with van der Waals surface area (Å²) >= 11 is 5.98. The molecular formula is C16H17ClN2O8S. The molecule has 0 N–H and O–H groups in total. The third kappa shape index (κ3) is 5.20. The zero-order chi connectivity index (χ0) is 21.1. The summed E-state index contributed by atoms with van der Waals surface area (Å²) in [5.41, 5.74) is -0.885. The van der Waals surface area contributed by atoms with E-state index in [1.807, 2.05) is 0 Å². The van der Waals surface area contributed by atoms with Crippen molar-refractivity contribution in [2.24, 2.45) is 0 Å². The Labute approximate surface area is 165 Å². The van der Waals surface area contributed by atoms with Gasteiger partial charge in [-0.2, -0.15) is 8.42 Å². The molecule has 1 fully saturated rings. The van der Waals surface area contributed by atoms with Gasteiger partial charge < -0.3 is 8.92 Å². The van der Waals surface area contributed by atoms with Crippen molar-refractivity contribution in [3.05, 3.63) is 51.4 Å².